The van der Waals surface area contributed by atoms with Gasteiger partial charge in [-0.15, -0.1) is 0 Å². The first-order chi connectivity index (χ1) is 18.5. The number of nitrogens with one attached hydrogen (secondary N) is 3. The standard InChI is InChI=1S/C27H46N8O4/c1-4-6-13-19(28)24(37)34-21(16-18-11-8-7-9-12-18)25(38)35-22(17(3)5-2)26(39)33-20(23(29)36)14-10-15-32-27(30)31/h7-9,11-12,17,19-22H,4-6,10,13-16,28H2,1-3H3,(H2,29,36)(H,33,39)(H,34,37)(H,35,38)(H4,30,31,32)/t17-,19-,20-,21-,22+/m0/s1. The van der Waals surface area contributed by atoms with Gasteiger partial charge in [-0.1, -0.05) is 70.4 Å². The van der Waals surface area contributed by atoms with Gasteiger partial charge >= 0.3 is 0 Å². The van der Waals surface area contributed by atoms with Gasteiger partial charge in [0.25, 0.3) is 0 Å². The van der Waals surface area contributed by atoms with Crippen LogP contribution in [0.4, 0.5) is 0 Å². The third-order valence-electron chi connectivity index (χ3n) is 6.52. The molecular formula is C27H46N8O4. The van der Waals surface area contributed by atoms with Gasteiger partial charge in [0.05, 0.1) is 6.04 Å². The molecule has 1 rings (SSSR count). The molecule has 0 radical (unpaired) electrons. The van der Waals surface area contributed by atoms with E-state index in [1.54, 1.807) is 0 Å². The lowest BCUT2D eigenvalue weighted by atomic mass is 9.96. The Kier molecular flexibility index (Phi) is 15.2. The van der Waals surface area contributed by atoms with Crippen LogP contribution in [0.2, 0.25) is 0 Å². The van der Waals surface area contributed by atoms with Gasteiger partial charge in [0, 0.05) is 13.0 Å². The molecule has 0 spiro atoms. The number of hydrogen-bond acceptors (Lipinski definition) is 6. The molecule has 12 heteroatoms. The molecule has 218 valence electrons. The van der Waals surface area contributed by atoms with E-state index in [0.29, 0.717) is 19.3 Å². The van der Waals surface area contributed by atoms with E-state index in [0.717, 1.165) is 18.4 Å². The lowest BCUT2D eigenvalue weighted by Gasteiger charge is -2.28. The summed E-state index contributed by atoms with van der Waals surface area (Å²) >= 11 is 0. The summed E-state index contributed by atoms with van der Waals surface area (Å²) in [5.74, 6) is -2.57. The zero-order chi connectivity index (χ0) is 29.4. The van der Waals surface area contributed by atoms with Crippen molar-refractivity contribution in [1.29, 1.82) is 0 Å². The number of benzene rings is 1. The number of guanidine groups is 1. The molecule has 11 N–H and O–H groups in total. The highest BCUT2D eigenvalue weighted by atomic mass is 16.2. The zero-order valence-electron chi connectivity index (χ0n) is 23.3. The molecule has 1 aromatic rings. The zero-order valence-corrected chi connectivity index (χ0v) is 23.3. The van der Waals surface area contributed by atoms with Crippen LogP contribution in [0.3, 0.4) is 0 Å². The number of carbonyl (C=O) groups excluding carboxylic acids is 4. The fourth-order valence-electron chi connectivity index (χ4n) is 3.90. The average Bonchev–Trinajstić information content (AvgIpc) is 2.91. The summed E-state index contributed by atoms with van der Waals surface area (Å²) in [4.78, 5) is 55.4. The van der Waals surface area contributed by atoms with Crippen LogP contribution >= 0.6 is 0 Å². The number of nitrogens with two attached hydrogens (primary N) is 4. The Balaban J connectivity index is 3.06. The van der Waals surface area contributed by atoms with Crippen molar-refractivity contribution in [2.75, 3.05) is 6.54 Å². The minimum atomic E-state index is -0.967. The molecule has 0 aliphatic rings. The SMILES string of the molecule is CCCC[C@H](N)C(=O)N[C@@H](Cc1ccccc1)C(=O)N[C@@H](C(=O)N[C@@H](CCCN=C(N)N)C(N)=O)[C@@H](C)CC. The first-order valence-electron chi connectivity index (χ1n) is 13.5. The highest BCUT2D eigenvalue weighted by Gasteiger charge is 2.32. The number of nitrogens with zero attached hydrogens (tertiary/aromatic N) is 1. The van der Waals surface area contributed by atoms with Crippen molar-refractivity contribution in [2.24, 2.45) is 33.8 Å². The van der Waals surface area contributed by atoms with Crippen molar-refractivity contribution >= 4 is 29.6 Å². The van der Waals surface area contributed by atoms with E-state index < -0.39 is 47.8 Å². The maximum atomic E-state index is 13.5. The second-order valence-corrected chi connectivity index (χ2v) is 9.78. The Labute approximate surface area is 231 Å². The molecule has 0 aromatic heterocycles. The van der Waals surface area contributed by atoms with Gasteiger partial charge < -0.3 is 38.9 Å². The van der Waals surface area contributed by atoms with Gasteiger partial charge in [0.15, 0.2) is 5.96 Å². The molecule has 5 atom stereocenters. The summed E-state index contributed by atoms with van der Waals surface area (Å²) in [7, 11) is 0. The predicted octanol–water partition coefficient (Wildman–Crippen LogP) is -0.214. The third kappa shape index (κ3) is 12.6. The number of rotatable bonds is 18. The fourth-order valence-corrected chi connectivity index (χ4v) is 3.90. The van der Waals surface area contributed by atoms with Crippen LogP contribution in [-0.2, 0) is 25.6 Å². The Hall–Kier alpha value is -3.67. The van der Waals surface area contributed by atoms with E-state index in [1.807, 2.05) is 51.1 Å². The van der Waals surface area contributed by atoms with Crippen molar-refractivity contribution in [1.82, 2.24) is 16.0 Å². The van der Waals surface area contributed by atoms with Crippen LogP contribution in [0, 0.1) is 5.92 Å². The molecule has 0 fully saturated rings. The minimum absolute atomic E-state index is 0.0716. The second-order valence-electron chi connectivity index (χ2n) is 9.78. The monoisotopic (exact) mass is 546 g/mol. The highest BCUT2D eigenvalue weighted by molar-refractivity contribution is 5.94. The number of carbonyl (C=O) groups is 4. The van der Waals surface area contributed by atoms with Crippen LogP contribution < -0.4 is 38.9 Å². The molecule has 0 bridgehead atoms. The molecular weight excluding hydrogens is 500 g/mol. The smallest absolute Gasteiger partial charge is 0.243 e. The Bertz CT molecular complexity index is 952. The molecule has 0 saturated heterocycles. The van der Waals surface area contributed by atoms with E-state index in [1.165, 1.54) is 0 Å². The molecule has 0 aliphatic carbocycles. The summed E-state index contributed by atoms with van der Waals surface area (Å²) in [6.07, 6.45) is 3.59. The summed E-state index contributed by atoms with van der Waals surface area (Å²) in [5.41, 5.74) is 23.0. The Morgan fingerprint density at radius 3 is 2.05 bits per heavy atom. The van der Waals surface area contributed by atoms with Crippen molar-refractivity contribution in [2.45, 2.75) is 89.9 Å². The first kappa shape index (κ1) is 33.4. The molecule has 0 heterocycles. The molecule has 0 unspecified atom stereocenters. The van der Waals surface area contributed by atoms with E-state index in [2.05, 4.69) is 20.9 Å². The molecule has 0 aliphatic heterocycles. The second kappa shape index (κ2) is 17.8. The van der Waals surface area contributed by atoms with E-state index in [4.69, 9.17) is 22.9 Å². The number of aliphatic imine (C=N–C) groups is 1. The molecule has 12 nitrogen and oxygen atoms in total. The van der Waals surface area contributed by atoms with Gasteiger partial charge in [0.2, 0.25) is 23.6 Å². The van der Waals surface area contributed by atoms with E-state index in [-0.39, 0.29) is 31.3 Å². The maximum absolute atomic E-state index is 13.5. The van der Waals surface area contributed by atoms with Gasteiger partial charge in [-0.05, 0) is 30.7 Å². The largest absolute Gasteiger partial charge is 0.370 e. The lowest BCUT2D eigenvalue weighted by molar-refractivity contribution is -0.134. The van der Waals surface area contributed by atoms with Gasteiger partial charge in [-0.25, -0.2) is 0 Å². The quantitative estimate of drug-likeness (QED) is 0.0744. The van der Waals surface area contributed by atoms with Crippen molar-refractivity contribution < 1.29 is 19.2 Å². The van der Waals surface area contributed by atoms with Crippen LogP contribution in [0.1, 0.15) is 64.9 Å². The molecule has 39 heavy (non-hydrogen) atoms. The Morgan fingerprint density at radius 2 is 1.49 bits per heavy atom. The minimum Gasteiger partial charge on any atom is -0.370 e. The van der Waals surface area contributed by atoms with E-state index in [9.17, 15) is 19.2 Å². The summed E-state index contributed by atoms with van der Waals surface area (Å²) < 4.78 is 0. The van der Waals surface area contributed by atoms with Crippen LogP contribution in [0.25, 0.3) is 0 Å². The van der Waals surface area contributed by atoms with Gasteiger partial charge in [-0.3, -0.25) is 24.2 Å². The first-order valence-corrected chi connectivity index (χ1v) is 13.5. The van der Waals surface area contributed by atoms with Crippen LogP contribution in [0.5, 0.6) is 0 Å². The normalized spacial score (nSPS) is 14.7. The van der Waals surface area contributed by atoms with Crippen molar-refractivity contribution in [3.8, 4) is 0 Å². The fraction of sp³-hybridized carbons (Fsp3) is 0.593. The van der Waals surface area contributed by atoms with E-state index >= 15 is 0 Å². The number of amides is 4. The maximum Gasteiger partial charge on any atom is 0.243 e. The van der Waals surface area contributed by atoms with Crippen LogP contribution in [-0.4, -0.2) is 60.3 Å². The van der Waals surface area contributed by atoms with Crippen molar-refractivity contribution in [3.63, 3.8) is 0 Å². The molecule has 0 saturated carbocycles. The summed E-state index contributed by atoms with van der Waals surface area (Å²) in [6, 6.07) is 5.59. The Morgan fingerprint density at radius 1 is 0.846 bits per heavy atom. The number of unbranched alkanes of at least 4 members (excludes halogenated alkanes) is 1. The topological polar surface area (TPSA) is 221 Å². The number of primary amides is 1. The average molecular weight is 547 g/mol. The van der Waals surface area contributed by atoms with Gasteiger partial charge in [-0.2, -0.15) is 0 Å². The lowest BCUT2D eigenvalue weighted by Crippen LogP contribution is -2.59. The summed E-state index contributed by atoms with van der Waals surface area (Å²) in [5, 5.41) is 8.20. The predicted molar refractivity (Wildman–Crippen MR) is 152 cm³/mol. The molecule has 4 amide bonds. The third-order valence-corrected chi connectivity index (χ3v) is 6.52. The van der Waals surface area contributed by atoms with Gasteiger partial charge in [0.1, 0.15) is 18.1 Å². The highest BCUT2D eigenvalue weighted by Crippen LogP contribution is 2.11. The summed E-state index contributed by atoms with van der Waals surface area (Å²) in [6.45, 7) is 5.97. The molecule has 1 aromatic carbocycles. The van der Waals surface area contributed by atoms with Crippen molar-refractivity contribution in [3.05, 3.63) is 35.9 Å². The van der Waals surface area contributed by atoms with Crippen LogP contribution in [0.15, 0.2) is 35.3 Å². The number of hydrogen-bond donors (Lipinski definition) is 7.